The maximum atomic E-state index is 13.9. The summed E-state index contributed by atoms with van der Waals surface area (Å²) in [6.45, 7) is 2.85. The van der Waals surface area contributed by atoms with Crippen molar-refractivity contribution in [2.24, 2.45) is 5.73 Å². The second kappa shape index (κ2) is 5.65. The van der Waals surface area contributed by atoms with Crippen molar-refractivity contribution >= 4 is 17.5 Å². The minimum absolute atomic E-state index is 0.286. The first kappa shape index (κ1) is 13.3. The molecular weight excluding hydrogens is 257 g/mol. The molecule has 2 rings (SSSR count). The highest BCUT2D eigenvalue weighted by Gasteiger charge is 2.29. The molecule has 6 heteroatoms. The Balaban J connectivity index is 2.31. The van der Waals surface area contributed by atoms with Crippen LogP contribution in [0.1, 0.15) is 11.6 Å². The summed E-state index contributed by atoms with van der Waals surface area (Å²) in [6.07, 6.45) is 0. The smallest absolute Gasteiger partial charge is 0.239 e. The van der Waals surface area contributed by atoms with Gasteiger partial charge < -0.3 is 11.1 Å². The molecule has 1 fully saturated rings. The summed E-state index contributed by atoms with van der Waals surface area (Å²) in [5.41, 5.74) is 5.69. The number of hydrogen-bond donors (Lipinski definition) is 2. The number of halogens is 2. The maximum Gasteiger partial charge on any atom is 0.239 e. The molecule has 98 valence electrons. The van der Waals surface area contributed by atoms with Crippen LogP contribution in [-0.4, -0.2) is 37.0 Å². The number of rotatable bonds is 3. The molecule has 1 saturated heterocycles. The van der Waals surface area contributed by atoms with Gasteiger partial charge in [0.15, 0.2) is 0 Å². The average molecular weight is 272 g/mol. The number of benzene rings is 1. The van der Waals surface area contributed by atoms with Crippen LogP contribution in [0.4, 0.5) is 4.39 Å². The molecule has 0 aromatic heterocycles. The molecule has 18 heavy (non-hydrogen) atoms. The van der Waals surface area contributed by atoms with E-state index in [1.165, 1.54) is 12.1 Å². The van der Waals surface area contributed by atoms with E-state index >= 15 is 0 Å². The summed E-state index contributed by atoms with van der Waals surface area (Å²) in [5.74, 6) is -1.04. The lowest BCUT2D eigenvalue weighted by molar-refractivity contribution is -0.123. The van der Waals surface area contributed by atoms with Gasteiger partial charge in [-0.3, -0.25) is 9.69 Å². The van der Waals surface area contributed by atoms with E-state index in [9.17, 15) is 9.18 Å². The molecule has 3 N–H and O–H groups in total. The first-order valence-electron chi connectivity index (χ1n) is 5.78. The molecule has 0 saturated carbocycles. The van der Waals surface area contributed by atoms with Gasteiger partial charge >= 0.3 is 0 Å². The summed E-state index contributed by atoms with van der Waals surface area (Å²) in [7, 11) is 0. The van der Waals surface area contributed by atoms with Crippen LogP contribution in [0.25, 0.3) is 0 Å². The van der Waals surface area contributed by atoms with Gasteiger partial charge in [0.25, 0.3) is 0 Å². The zero-order chi connectivity index (χ0) is 13.1. The fraction of sp³-hybridized carbons (Fsp3) is 0.417. The van der Waals surface area contributed by atoms with E-state index in [4.69, 9.17) is 17.3 Å². The number of hydrogen-bond acceptors (Lipinski definition) is 3. The third kappa shape index (κ3) is 2.80. The molecule has 1 atom stereocenters. The van der Waals surface area contributed by atoms with Crippen LogP contribution in [0.5, 0.6) is 0 Å². The minimum Gasteiger partial charge on any atom is -0.368 e. The molecule has 1 aliphatic heterocycles. The Kier molecular flexibility index (Phi) is 4.16. The van der Waals surface area contributed by atoms with Crippen LogP contribution in [-0.2, 0) is 4.79 Å². The van der Waals surface area contributed by atoms with Gasteiger partial charge in [0.1, 0.15) is 11.9 Å². The Morgan fingerprint density at radius 1 is 1.44 bits per heavy atom. The number of nitrogens with two attached hydrogens (primary N) is 1. The number of piperazine rings is 1. The molecule has 0 aliphatic carbocycles. The maximum absolute atomic E-state index is 13.9. The summed E-state index contributed by atoms with van der Waals surface area (Å²) in [5, 5.41) is 3.48. The standard InChI is InChI=1S/C12H15ClFN3O/c13-8-1-2-9(10(14)7-8)11(12(15)18)17-5-3-16-4-6-17/h1-2,7,11,16H,3-6H2,(H2,15,18). The van der Waals surface area contributed by atoms with Crippen molar-refractivity contribution in [1.82, 2.24) is 10.2 Å². The quantitative estimate of drug-likeness (QED) is 0.859. The largest absolute Gasteiger partial charge is 0.368 e. The van der Waals surface area contributed by atoms with Gasteiger partial charge in [-0.15, -0.1) is 0 Å². The van der Waals surface area contributed by atoms with E-state index in [2.05, 4.69) is 5.32 Å². The summed E-state index contributed by atoms with van der Waals surface area (Å²) in [6, 6.07) is 3.56. The van der Waals surface area contributed by atoms with Crippen molar-refractivity contribution in [3.63, 3.8) is 0 Å². The molecule has 0 radical (unpaired) electrons. The fourth-order valence-corrected chi connectivity index (χ4v) is 2.35. The molecule has 1 aliphatic rings. The molecular formula is C12H15ClFN3O. The van der Waals surface area contributed by atoms with Gasteiger partial charge in [0.05, 0.1) is 0 Å². The van der Waals surface area contributed by atoms with Gasteiger partial charge in [-0.05, 0) is 12.1 Å². The Morgan fingerprint density at radius 2 is 2.11 bits per heavy atom. The Morgan fingerprint density at radius 3 is 2.67 bits per heavy atom. The highest BCUT2D eigenvalue weighted by atomic mass is 35.5. The number of carbonyl (C=O) groups is 1. The van der Waals surface area contributed by atoms with Gasteiger partial charge in [-0.1, -0.05) is 17.7 Å². The first-order chi connectivity index (χ1) is 8.59. The number of amides is 1. The zero-order valence-corrected chi connectivity index (χ0v) is 10.6. The minimum atomic E-state index is -0.732. The summed E-state index contributed by atoms with van der Waals surface area (Å²) in [4.78, 5) is 13.5. The van der Waals surface area contributed by atoms with E-state index in [0.29, 0.717) is 18.1 Å². The normalized spacial score (nSPS) is 18.6. The molecule has 4 nitrogen and oxygen atoms in total. The highest BCUT2D eigenvalue weighted by molar-refractivity contribution is 6.30. The van der Waals surface area contributed by atoms with Crippen LogP contribution < -0.4 is 11.1 Å². The SMILES string of the molecule is NC(=O)C(c1ccc(Cl)cc1F)N1CCNCC1. The van der Waals surface area contributed by atoms with Crippen molar-refractivity contribution in [2.75, 3.05) is 26.2 Å². The molecule has 1 unspecified atom stereocenters. The predicted molar refractivity (Wildman–Crippen MR) is 67.8 cm³/mol. The molecule has 1 amide bonds. The monoisotopic (exact) mass is 271 g/mol. The van der Waals surface area contributed by atoms with Crippen molar-refractivity contribution < 1.29 is 9.18 Å². The first-order valence-corrected chi connectivity index (χ1v) is 6.16. The van der Waals surface area contributed by atoms with Gasteiger partial charge in [-0.25, -0.2) is 4.39 Å². The van der Waals surface area contributed by atoms with Gasteiger partial charge in [0, 0.05) is 36.8 Å². The van der Waals surface area contributed by atoms with Crippen molar-refractivity contribution in [1.29, 1.82) is 0 Å². The molecule has 1 aromatic carbocycles. The lowest BCUT2D eigenvalue weighted by Gasteiger charge is -2.33. The van der Waals surface area contributed by atoms with Crippen LogP contribution in [0.2, 0.25) is 5.02 Å². The fourth-order valence-electron chi connectivity index (χ4n) is 2.19. The average Bonchev–Trinajstić information content (AvgIpc) is 2.33. The van der Waals surface area contributed by atoms with Crippen LogP contribution in [0, 0.1) is 5.82 Å². The third-order valence-electron chi connectivity index (χ3n) is 3.04. The Labute approximate surface area is 110 Å². The van der Waals surface area contributed by atoms with Crippen LogP contribution >= 0.6 is 11.6 Å². The second-order valence-corrected chi connectivity index (χ2v) is 4.69. The molecule has 0 spiro atoms. The number of carbonyl (C=O) groups excluding carboxylic acids is 1. The van der Waals surface area contributed by atoms with E-state index in [1.807, 2.05) is 4.90 Å². The number of primary amides is 1. The van der Waals surface area contributed by atoms with Crippen molar-refractivity contribution in [2.45, 2.75) is 6.04 Å². The van der Waals surface area contributed by atoms with Crippen LogP contribution in [0.15, 0.2) is 18.2 Å². The van der Waals surface area contributed by atoms with E-state index in [0.717, 1.165) is 13.1 Å². The summed E-state index contributed by atoms with van der Waals surface area (Å²) >= 11 is 5.71. The molecule has 1 aromatic rings. The lowest BCUT2D eigenvalue weighted by Crippen LogP contribution is -2.48. The second-order valence-electron chi connectivity index (χ2n) is 4.26. The third-order valence-corrected chi connectivity index (χ3v) is 3.28. The molecule has 0 bridgehead atoms. The lowest BCUT2D eigenvalue weighted by atomic mass is 10.0. The van der Waals surface area contributed by atoms with E-state index in [-0.39, 0.29) is 5.56 Å². The number of nitrogens with one attached hydrogen (secondary N) is 1. The van der Waals surface area contributed by atoms with Crippen LogP contribution in [0.3, 0.4) is 0 Å². The topological polar surface area (TPSA) is 58.4 Å². The summed E-state index contributed by atoms with van der Waals surface area (Å²) < 4.78 is 13.9. The van der Waals surface area contributed by atoms with E-state index in [1.54, 1.807) is 6.07 Å². The van der Waals surface area contributed by atoms with E-state index < -0.39 is 17.8 Å². The Bertz CT molecular complexity index is 449. The van der Waals surface area contributed by atoms with Crippen molar-refractivity contribution in [3.8, 4) is 0 Å². The zero-order valence-electron chi connectivity index (χ0n) is 9.83. The van der Waals surface area contributed by atoms with Gasteiger partial charge in [0.2, 0.25) is 5.91 Å². The van der Waals surface area contributed by atoms with Crippen molar-refractivity contribution in [3.05, 3.63) is 34.6 Å². The van der Waals surface area contributed by atoms with Gasteiger partial charge in [-0.2, -0.15) is 0 Å². The predicted octanol–water partition coefficient (Wildman–Crippen LogP) is 0.911. The number of nitrogens with zero attached hydrogens (tertiary/aromatic N) is 1. The highest BCUT2D eigenvalue weighted by Crippen LogP contribution is 2.25. The Hall–Kier alpha value is -1.17. The molecule has 1 heterocycles.